The molecule has 1 aliphatic carbocycles. The molecule has 0 aromatic carbocycles. The number of rotatable bonds is 4. The minimum absolute atomic E-state index is 0.0802. The lowest BCUT2D eigenvalue weighted by Crippen LogP contribution is -2.36. The smallest absolute Gasteiger partial charge is 0.320 e. The third-order valence-corrected chi connectivity index (χ3v) is 5.14. The van der Waals surface area contributed by atoms with Gasteiger partial charge in [-0.2, -0.15) is 0 Å². The lowest BCUT2D eigenvalue weighted by Gasteiger charge is -2.13. The molecule has 1 heterocycles. The molecule has 98 valence electrons. The van der Waals surface area contributed by atoms with Gasteiger partial charge in [-0.25, -0.2) is 8.42 Å². The van der Waals surface area contributed by atoms with Crippen LogP contribution in [0, 0.1) is 0 Å². The zero-order chi connectivity index (χ0) is 12.3. The monoisotopic (exact) mass is 261 g/mol. The van der Waals surface area contributed by atoms with E-state index in [1.165, 1.54) is 0 Å². The number of hydrogen-bond acceptors (Lipinski definition) is 5. The SMILES string of the molecule is O=C(CNC1CCS(=O)(=O)C1)OC1CCCC1. The summed E-state index contributed by atoms with van der Waals surface area (Å²) in [6, 6.07) is -0.0869. The summed E-state index contributed by atoms with van der Waals surface area (Å²) in [5, 5.41) is 2.96. The van der Waals surface area contributed by atoms with Crippen LogP contribution in [0.3, 0.4) is 0 Å². The van der Waals surface area contributed by atoms with Gasteiger partial charge in [-0.15, -0.1) is 0 Å². The predicted molar refractivity (Wildman–Crippen MR) is 63.4 cm³/mol. The standard InChI is InChI=1S/C11H19NO4S/c13-11(16-10-3-1-2-4-10)7-12-9-5-6-17(14,15)8-9/h9-10,12H,1-8H2. The molecule has 1 N–H and O–H groups in total. The Morgan fingerprint density at radius 1 is 1.24 bits per heavy atom. The minimum atomic E-state index is -2.88. The van der Waals surface area contributed by atoms with Gasteiger partial charge in [0.25, 0.3) is 0 Å². The Bertz CT molecular complexity index is 373. The van der Waals surface area contributed by atoms with E-state index >= 15 is 0 Å². The molecule has 1 unspecified atom stereocenters. The molecule has 1 saturated carbocycles. The second kappa shape index (κ2) is 5.35. The number of ether oxygens (including phenoxy) is 1. The fraction of sp³-hybridized carbons (Fsp3) is 0.909. The van der Waals surface area contributed by atoms with Crippen LogP contribution in [0.5, 0.6) is 0 Å². The van der Waals surface area contributed by atoms with E-state index < -0.39 is 9.84 Å². The number of carbonyl (C=O) groups excluding carboxylic acids is 1. The molecule has 1 aliphatic heterocycles. The summed E-state index contributed by atoms with van der Waals surface area (Å²) in [4.78, 5) is 11.5. The van der Waals surface area contributed by atoms with Crippen LogP contribution in [0.1, 0.15) is 32.1 Å². The molecule has 2 rings (SSSR count). The van der Waals surface area contributed by atoms with E-state index in [-0.39, 0.29) is 36.2 Å². The van der Waals surface area contributed by atoms with E-state index in [2.05, 4.69) is 5.32 Å². The molecule has 0 radical (unpaired) electrons. The summed E-state index contributed by atoms with van der Waals surface area (Å²) in [5.41, 5.74) is 0. The Labute approximate surface area is 102 Å². The summed E-state index contributed by atoms with van der Waals surface area (Å²) in [5.74, 6) is 0.104. The molecule has 0 aromatic heterocycles. The molecule has 0 bridgehead atoms. The Balaban J connectivity index is 1.66. The normalized spacial score (nSPS) is 28.4. The van der Waals surface area contributed by atoms with Crippen molar-refractivity contribution in [2.45, 2.75) is 44.2 Å². The van der Waals surface area contributed by atoms with Gasteiger partial charge >= 0.3 is 5.97 Å². The van der Waals surface area contributed by atoms with Gasteiger partial charge in [0.2, 0.25) is 0 Å². The highest BCUT2D eigenvalue weighted by molar-refractivity contribution is 7.91. The van der Waals surface area contributed by atoms with Gasteiger partial charge in [0.05, 0.1) is 18.1 Å². The first kappa shape index (κ1) is 12.8. The second-order valence-electron chi connectivity index (χ2n) is 4.88. The average molecular weight is 261 g/mol. The summed E-state index contributed by atoms with van der Waals surface area (Å²) in [7, 11) is -2.88. The van der Waals surface area contributed by atoms with Gasteiger partial charge < -0.3 is 10.1 Å². The lowest BCUT2D eigenvalue weighted by molar-refractivity contribution is -0.147. The van der Waals surface area contributed by atoms with Crippen LogP contribution in [0.25, 0.3) is 0 Å². The quantitative estimate of drug-likeness (QED) is 0.734. The summed E-state index contributed by atoms with van der Waals surface area (Å²) < 4.78 is 27.7. The molecule has 0 spiro atoms. The molecule has 1 saturated heterocycles. The zero-order valence-electron chi connectivity index (χ0n) is 9.85. The van der Waals surface area contributed by atoms with Crippen LogP contribution in [0.15, 0.2) is 0 Å². The molecule has 0 aromatic rings. The van der Waals surface area contributed by atoms with Crippen molar-refractivity contribution in [1.82, 2.24) is 5.32 Å². The highest BCUT2D eigenvalue weighted by Crippen LogP contribution is 2.20. The molecular weight excluding hydrogens is 242 g/mol. The van der Waals surface area contributed by atoms with Crippen molar-refractivity contribution in [2.75, 3.05) is 18.1 Å². The van der Waals surface area contributed by atoms with Crippen molar-refractivity contribution >= 4 is 15.8 Å². The first-order valence-corrected chi connectivity index (χ1v) is 8.00. The number of nitrogens with one attached hydrogen (secondary N) is 1. The minimum Gasteiger partial charge on any atom is -0.461 e. The van der Waals surface area contributed by atoms with E-state index in [9.17, 15) is 13.2 Å². The Kier molecular flexibility index (Phi) is 4.04. The van der Waals surface area contributed by atoms with Crippen molar-refractivity contribution in [3.05, 3.63) is 0 Å². The average Bonchev–Trinajstić information content (AvgIpc) is 2.85. The number of carbonyl (C=O) groups is 1. The number of esters is 1. The van der Waals surface area contributed by atoms with Crippen molar-refractivity contribution in [3.63, 3.8) is 0 Å². The fourth-order valence-electron chi connectivity index (χ4n) is 2.42. The molecule has 5 nitrogen and oxygen atoms in total. The van der Waals surface area contributed by atoms with Crippen molar-refractivity contribution in [2.24, 2.45) is 0 Å². The summed E-state index contributed by atoms with van der Waals surface area (Å²) in [6.07, 6.45) is 4.86. The Hall–Kier alpha value is -0.620. The second-order valence-corrected chi connectivity index (χ2v) is 7.11. The van der Waals surface area contributed by atoms with Crippen LogP contribution in [0.4, 0.5) is 0 Å². The highest BCUT2D eigenvalue weighted by Gasteiger charge is 2.28. The van der Waals surface area contributed by atoms with Crippen molar-refractivity contribution in [3.8, 4) is 0 Å². The van der Waals surface area contributed by atoms with Gasteiger partial charge in [-0.3, -0.25) is 4.79 Å². The van der Waals surface area contributed by atoms with Gasteiger partial charge in [-0.1, -0.05) is 0 Å². The molecular formula is C11H19NO4S. The summed E-state index contributed by atoms with van der Waals surface area (Å²) >= 11 is 0. The first-order chi connectivity index (χ1) is 8.05. The topological polar surface area (TPSA) is 72.5 Å². The molecule has 2 fully saturated rings. The van der Waals surface area contributed by atoms with Crippen LogP contribution >= 0.6 is 0 Å². The maximum absolute atomic E-state index is 11.5. The lowest BCUT2D eigenvalue weighted by atomic mass is 10.2. The number of sulfone groups is 1. The molecule has 6 heteroatoms. The van der Waals surface area contributed by atoms with Crippen LogP contribution in [-0.2, 0) is 19.4 Å². The van der Waals surface area contributed by atoms with E-state index in [0.29, 0.717) is 6.42 Å². The van der Waals surface area contributed by atoms with Gasteiger partial charge in [-0.05, 0) is 32.1 Å². The Morgan fingerprint density at radius 2 is 1.94 bits per heavy atom. The van der Waals surface area contributed by atoms with Crippen LogP contribution in [-0.4, -0.2) is 44.6 Å². The van der Waals surface area contributed by atoms with Crippen LogP contribution in [0.2, 0.25) is 0 Å². The zero-order valence-corrected chi connectivity index (χ0v) is 10.7. The molecule has 1 atom stereocenters. The third-order valence-electron chi connectivity index (χ3n) is 3.37. The maximum atomic E-state index is 11.5. The Morgan fingerprint density at radius 3 is 2.53 bits per heavy atom. The van der Waals surface area contributed by atoms with Crippen molar-refractivity contribution < 1.29 is 17.9 Å². The molecule has 0 amide bonds. The maximum Gasteiger partial charge on any atom is 0.320 e. The fourth-order valence-corrected chi connectivity index (χ4v) is 4.13. The van der Waals surface area contributed by atoms with Crippen molar-refractivity contribution in [1.29, 1.82) is 0 Å². The summed E-state index contributed by atoms with van der Waals surface area (Å²) in [6.45, 7) is 0.122. The third kappa shape index (κ3) is 3.96. The number of hydrogen-bond donors (Lipinski definition) is 1. The van der Waals surface area contributed by atoms with E-state index in [4.69, 9.17) is 4.74 Å². The molecule has 17 heavy (non-hydrogen) atoms. The molecule has 2 aliphatic rings. The predicted octanol–water partition coefficient (Wildman–Crippen LogP) is 0.249. The highest BCUT2D eigenvalue weighted by atomic mass is 32.2. The van der Waals surface area contributed by atoms with E-state index in [0.717, 1.165) is 25.7 Å². The van der Waals surface area contributed by atoms with Gasteiger partial charge in [0.15, 0.2) is 9.84 Å². The van der Waals surface area contributed by atoms with E-state index in [1.807, 2.05) is 0 Å². The van der Waals surface area contributed by atoms with Gasteiger partial charge in [0.1, 0.15) is 6.10 Å². The van der Waals surface area contributed by atoms with Crippen LogP contribution < -0.4 is 5.32 Å². The first-order valence-electron chi connectivity index (χ1n) is 6.18. The van der Waals surface area contributed by atoms with Gasteiger partial charge in [0, 0.05) is 6.04 Å². The van der Waals surface area contributed by atoms with E-state index in [1.54, 1.807) is 0 Å². The largest absolute Gasteiger partial charge is 0.461 e.